The van der Waals surface area contributed by atoms with Gasteiger partial charge in [0, 0.05) is 30.4 Å². The van der Waals surface area contributed by atoms with Crippen molar-refractivity contribution in [1.82, 2.24) is 14.9 Å². The summed E-state index contributed by atoms with van der Waals surface area (Å²) >= 11 is 6.50. The van der Waals surface area contributed by atoms with Gasteiger partial charge in [-0.05, 0) is 71.1 Å². The van der Waals surface area contributed by atoms with E-state index in [9.17, 15) is 4.79 Å². The van der Waals surface area contributed by atoms with E-state index in [0.717, 1.165) is 53.8 Å². The summed E-state index contributed by atoms with van der Waals surface area (Å²) in [6, 6.07) is 3.84. The minimum Gasteiger partial charge on any atom is -0.444 e. The first-order chi connectivity index (χ1) is 14.2. The van der Waals surface area contributed by atoms with Gasteiger partial charge in [-0.2, -0.15) is 0 Å². The molecule has 3 heterocycles. The van der Waals surface area contributed by atoms with Crippen LogP contribution in [-0.4, -0.2) is 52.4 Å². The smallest absolute Gasteiger partial charge is 0.410 e. The lowest BCUT2D eigenvalue weighted by Gasteiger charge is -2.24. The van der Waals surface area contributed by atoms with E-state index in [1.807, 2.05) is 39.8 Å². The molecule has 1 aliphatic heterocycles. The van der Waals surface area contributed by atoms with E-state index < -0.39 is 5.60 Å². The molecule has 0 radical (unpaired) electrons. The molecule has 1 saturated heterocycles. The summed E-state index contributed by atoms with van der Waals surface area (Å²) in [6.07, 6.45) is 6.42. The van der Waals surface area contributed by atoms with Crippen LogP contribution < -0.4 is 0 Å². The number of nitrogens with zero attached hydrogens (tertiary/aromatic N) is 3. The van der Waals surface area contributed by atoms with Gasteiger partial charge in [0.05, 0.1) is 17.7 Å². The minimum atomic E-state index is -0.464. The van der Waals surface area contributed by atoms with Gasteiger partial charge in [0.15, 0.2) is 5.65 Å². The number of aryl methyl sites for hydroxylation is 1. The second kappa shape index (κ2) is 9.92. The van der Waals surface area contributed by atoms with E-state index >= 15 is 0 Å². The minimum absolute atomic E-state index is 0.104. The number of carbonyl (C=O) groups is 1. The lowest BCUT2D eigenvalue weighted by atomic mass is 10.1. The molecule has 1 amide bonds. The highest BCUT2D eigenvalue weighted by atomic mass is 35.5. The van der Waals surface area contributed by atoms with Crippen LogP contribution >= 0.6 is 11.6 Å². The average Bonchev–Trinajstić information content (AvgIpc) is 3.16. The Bertz CT molecular complexity index is 882. The Morgan fingerprint density at radius 1 is 1.30 bits per heavy atom. The second-order valence-corrected chi connectivity index (χ2v) is 9.27. The fraction of sp³-hybridized carbons (Fsp3) is 0.609. The lowest BCUT2D eigenvalue weighted by molar-refractivity contribution is 0.0206. The third-order valence-electron chi connectivity index (χ3n) is 5.23. The van der Waals surface area contributed by atoms with Crippen LogP contribution in [0.5, 0.6) is 0 Å². The molecule has 3 rings (SSSR count). The van der Waals surface area contributed by atoms with E-state index in [1.54, 1.807) is 11.1 Å². The monoisotopic (exact) mass is 433 g/mol. The number of hydrogen-bond acceptors (Lipinski definition) is 5. The highest BCUT2D eigenvalue weighted by molar-refractivity contribution is 6.36. The number of fused-ring (bicyclic) bond motifs is 1. The zero-order valence-electron chi connectivity index (χ0n) is 18.4. The van der Waals surface area contributed by atoms with Crippen molar-refractivity contribution < 1.29 is 14.3 Å². The Balaban J connectivity index is 1.36. The normalized spacial score (nSPS) is 17.0. The largest absolute Gasteiger partial charge is 0.444 e. The molecule has 6 nitrogen and oxygen atoms in total. The van der Waals surface area contributed by atoms with E-state index in [4.69, 9.17) is 26.1 Å². The van der Waals surface area contributed by atoms with Crippen molar-refractivity contribution in [2.45, 2.75) is 71.5 Å². The number of amides is 1. The molecule has 2 aromatic rings. The highest BCUT2D eigenvalue weighted by Crippen LogP contribution is 2.27. The summed E-state index contributed by atoms with van der Waals surface area (Å²) in [5.41, 5.74) is 2.31. The summed E-state index contributed by atoms with van der Waals surface area (Å²) in [5, 5.41) is 1.66. The number of unbranched alkanes of at least 4 members (excludes halogenated alkanes) is 2. The van der Waals surface area contributed by atoms with Crippen LogP contribution in [0.2, 0.25) is 5.02 Å². The predicted octanol–water partition coefficient (Wildman–Crippen LogP) is 5.33. The van der Waals surface area contributed by atoms with Gasteiger partial charge in [0.2, 0.25) is 0 Å². The Morgan fingerprint density at radius 3 is 2.87 bits per heavy atom. The molecule has 1 unspecified atom stereocenters. The number of likely N-dealkylation sites (tertiary alicyclic amines) is 1. The van der Waals surface area contributed by atoms with Crippen molar-refractivity contribution in [3.63, 3.8) is 0 Å². The molecule has 0 spiro atoms. The molecule has 164 valence electrons. The van der Waals surface area contributed by atoms with E-state index in [2.05, 4.69) is 4.98 Å². The molecule has 0 aliphatic carbocycles. The van der Waals surface area contributed by atoms with Crippen LogP contribution in [0.15, 0.2) is 18.3 Å². The molecule has 7 heteroatoms. The summed E-state index contributed by atoms with van der Waals surface area (Å²) in [6.45, 7) is 9.69. The second-order valence-electron chi connectivity index (χ2n) is 8.89. The average molecular weight is 434 g/mol. The van der Waals surface area contributed by atoms with Crippen molar-refractivity contribution in [2.24, 2.45) is 0 Å². The molecule has 0 aromatic carbocycles. The Hall–Kier alpha value is -1.92. The first kappa shape index (κ1) is 22.8. The Morgan fingerprint density at radius 2 is 2.10 bits per heavy atom. The molecule has 1 atom stereocenters. The zero-order valence-corrected chi connectivity index (χ0v) is 19.2. The van der Waals surface area contributed by atoms with Gasteiger partial charge in [0.1, 0.15) is 5.60 Å². The van der Waals surface area contributed by atoms with Gasteiger partial charge in [0.25, 0.3) is 0 Å². The van der Waals surface area contributed by atoms with Gasteiger partial charge in [-0.25, -0.2) is 14.8 Å². The summed E-state index contributed by atoms with van der Waals surface area (Å²) < 4.78 is 11.4. The number of pyridine rings is 2. The van der Waals surface area contributed by atoms with E-state index in [-0.39, 0.29) is 12.2 Å². The fourth-order valence-corrected chi connectivity index (χ4v) is 3.88. The van der Waals surface area contributed by atoms with Gasteiger partial charge in [-0.3, -0.25) is 0 Å². The van der Waals surface area contributed by atoms with Crippen molar-refractivity contribution in [3.8, 4) is 0 Å². The highest BCUT2D eigenvalue weighted by Gasteiger charge is 2.30. The topological polar surface area (TPSA) is 64.5 Å². The molecule has 0 saturated carbocycles. The van der Waals surface area contributed by atoms with E-state index in [1.165, 1.54) is 0 Å². The molecule has 1 fully saturated rings. The molecular weight excluding hydrogens is 402 g/mol. The molecule has 0 N–H and O–H groups in total. The van der Waals surface area contributed by atoms with Crippen molar-refractivity contribution in [2.75, 3.05) is 19.7 Å². The fourth-order valence-electron chi connectivity index (χ4n) is 3.62. The first-order valence-electron chi connectivity index (χ1n) is 10.7. The van der Waals surface area contributed by atoms with Gasteiger partial charge in [-0.15, -0.1) is 0 Å². The Labute approximate surface area is 183 Å². The molecule has 2 aromatic heterocycles. The van der Waals surface area contributed by atoms with Gasteiger partial charge < -0.3 is 14.4 Å². The maximum atomic E-state index is 12.1. The number of ether oxygens (including phenoxy) is 2. The number of halogens is 1. The molecule has 30 heavy (non-hydrogen) atoms. The van der Waals surface area contributed by atoms with E-state index in [0.29, 0.717) is 25.3 Å². The summed E-state index contributed by atoms with van der Waals surface area (Å²) in [7, 11) is 0. The third-order valence-corrected chi connectivity index (χ3v) is 5.72. The van der Waals surface area contributed by atoms with Gasteiger partial charge in [-0.1, -0.05) is 18.0 Å². The Kier molecular flexibility index (Phi) is 7.53. The number of aromatic nitrogens is 2. The van der Waals surface area contributed by atoms with Crippen LogP contribution in [-0.2, 0) is 15.9 Å². The number of carbonyl (C=O) groups excluding carboxylic acids is 1. The maximum Gasteiger partial charge on any atom is 0.410 e. The third kappa shape index (κ3) is 6.05. The summed E-state index contributed by atoms with van der Waals surface area (Å²) in [5.74, 6) is 0. The standard InChI is InChI=1S/C23H32ClN3O3/c1-16-19(26-21-18(20(16)24)9-8-12-25-21)10-6-5-7-14-29-17-11-13-27(15-17)22(28)30-23(2,3)4/h8-9,12,17H,5-7,10-11,13-15H2,1-4H3. The SMILES string of the molecule is Cc1c(CCCCCOC2CCN(C(=O)OC(C)(C)C)C2)nc2ncccc2c1Cl. The van der Waals surface area contributed by atoms with Gasteiger partial charge >= 0.3 is 6.09 Å². The maximum absolute atomic E-state index is 12.1. The van der Waals surface area contributed by atoms with Crippen molar-refractivity contribution in [3.05, 3.63) is 34.6 Å². The van der Waals surface area contributed by atoms with Crippen LogP contribution in [0.1, 0.15) is 57.7 Å². The van der Waals surface area contributed by atoms with Crippen LogP contribution in [0.3, 0.4) is 0 Å². The van der Waals surface area contributed by atoms with Crippen molar-refractivity contribution in [1.29, 1.82) is 0 Å². The van der Waals surface area contributed by atoms with Crippen LogP contribution in [0.4, 0.5) is 4.79 Å². The quantitative estimate of drug-likeness (QED) is 0.552. The molecular formula is C23H32ClN3O3. The van der Waals surface area contributed by atoms with Crippen LogP contribution in [0.25, 0.3) is 11.0 Å². The first-order valence-corrected chi connectivity index (χ1v) is 11.1. The lowest BCUT2D eigenvalue weighted by Crippen LogP contribution is -2.36. The van der Waals surface area contributed by atoms with Crippen LogP contribution in [0, 0.1) is 6.92 Å². The molecule has 1 aliphatic rings. The summed E-state index contributed by atoms with van der Waals surface area (Å²) in [4.78, 5) is 22.9. The number of rotatable bonds is 7. The zero-order chi connectivity index (χ0) is 21.7. The van der Waals surface area contributed by atoms with Crippen molar-refractivity contribution >= 4 is 28.7 Å². The number of hydrogen-bond donors (Lipinski definition) is 0. The molecule has 0 bridgehead atoms. The predicted molar refractivity (Wildman–Crippen MR) is 119 cm³/mol.